The van der Waals surface area contributed by atoms with E-state index in [-0.39, 0.29) is 0 Å². The van der Waals surface area contributed by atoms with Gasteiger partial charge in [-0.1, -0.05) is 27.2 Å². The molecule has 1 nitrogen and oxygen atoms in total. The summed E-state index contributed by atoms with van der Waals surface area (Å²) < 4.78 is 5.34. The van der Waals surface area contributed by atoms with E-state index in [4.69, 9.17) is 4.52 Å². The molecule has 0 saturated heterocycles. The average molecular weight is 174 g/mol. The smallest absolute Gasteiger partial charge is 0.0641 e. The van der Waals surface area contributed by atoms with Crippen LogP contribution in [0.3, 0.4) is 0 Å². The van der Waals surface area contributed by atoms with Gasteiger partial charge in [0, 0.05) is 9.47 Å². The highest BCUT2D eigenvalue weighted by Gasteiger charge is 2.36. The lowest BCUT2D eigenvalue weighted by Gasteiger charge is -2.17. The van der Waals surface area contributed by atoms with Crippen molar-refractivity contribution in [1.29, 1.82) is 0 Å². The first kappa shape index (κ1) is 9.48. The number of hydrogen-bond acceptors (Lipinski definition) is 1. The summed E-state index contributed by atoms with van der Waals surface area (Å²) in [5.41, 5.74) is 0. The van der Waals surface area contributed by atoms with E-state index < -0.39 is 0 Å². The molecule has 0 heterocycles. The Morgan fingerprint density at radius 2 is 2.00 bits per heavy atom. The summed E-state index contributed by atoms with van der Waals surface area (Å²) >= 11 is 0. The molecule has 1 fully saturated rings. The molecule has 0 aromatic heterocycles. The predicted molar refractivity (Wildman–Crippen MR) is 51.3 cm³/mol. The van der Waals surface area contributed by atoms with Gasteiger partial charge in [0.1, 0.15) is 0 Å². The SMILES string of the molecule is CC[C@H]1CC(OP)C(C)C1C. The molecule has 0 aromatic carbocycles. The maximum atomic E-state index is 5.34. The fraction of sp³-hybridized carbons (Fsp3) is 1.00. The Kier molecular flexibility index (Phi) is 3.33. The Bertz CT molecular complexity index is 109. The lowest BCUT2D eigenvalue weighted by Crippen LogP contribution is -2.14. The van der Waals surface area contributed by atoms with E-state index >= 15 is 0 Å². The van der Waals surface area contributed by atoms with Gasteiger partial charge in [0.25, 0.3) is 0 Å². The minimum atomic E-state index is 0.486. The van der Waals surface area contributed by atoms with Gasteiger partial charge < -0.3 is 4.52 Å². The van der Waals surface area contributed by atoms with Crippen molar-refractivity contribution in [3.8, 4) is 0 Å². The van der Waals surface area contributed by atoms with E-state index in [0.717, 1.165) is 17.8 Å². The van der Waals surface area contributed by atoms with Crippen molar-refractivity contribution in [1.82, 2.24) is 0 Å². The molecular weight excluding hydrogens is 155 g/mol. The van der Waals surface area contributed by atoms with Crippen molar-refractivity contribution < 1.29 is 4.52 Å². The first-order chi connectivity index (χ1) is 5.20. The van der Waals surface area contributed by atoms with Crippen LogP contribution in [0.2, 0.25) is 0 Å². The molecular formula is C9H19OP. The minimum absolute atomic E-state index is 0.486. The summed E-state index contributed by atoms with van der Waals surface area (Å²) in [6, 6.07) is 0. The summed E-state index contributed by atoms with van der Waals surface area (Å²) in [5, 5.41) is 0. The summed E-state index contributed by atoms with van der Waals surface area (Å²) in [6.45, 7) is 6.93. The lowest BCUT2D eigenvalue weighted by molar-refractivity contribution is 0.184. The van der Waals surface area contributed by atoms with Gasteiger partial charge in [0.2, 0.25) is 0 Å². The molecule has 0 radical (unpaired) electrons. The molecule has 0 spiro atoms. The van der Waals surface area contributed by atoms with Crippen molar-refractivity contribution in [2.75, 3.05) is 0 Å². The largest absolute Gasteiger partial charge is 0.362 e. The van der Waals surface area contributed by atoms with E-state index in [1.54, 1.807) is 0 Å². The van der Waals surface area contributed by atoms with Gasteiger partial charge in [-0.3, -0.25) is 0 Å². The van der Waals surface area contributed by atoms with E-state index in [0.29, 0.717) is 6.10 Å². The van der Waals surface area contributed by atoms with E-state index in [2.05, 4.69) is 30.2 Å². The quantitative estimate of drug-likeness (QED) is 0.585. The molecule has 4 unspecified atom stereocenters. The van der Waals surface area contributed by atoms with Gasteiger partial charge in [-0.05, 0) is 24.2 Å². The fourth-order valence-corrected chi connectivity index (χ4v) is 2.57. The van der Waals surface area contributed by atoms with Crippen LogP contribution in [0.4, 0.5) is 0 Å². The van der Waals surface area contributed by atoms with Crippen LogP contribution in [0.5, 0.6) is 0 Å². The number of hydrogen-bond donors (Lipinski definition) is 0. The second kappa shape index (κ2) is 3.87. The maximum absolute atomic E-state index is 5.34. The summed E-state index contributed by atoms with van der Waals surface area (Å²) in [6.07, 6.45) is 3.04. The molecule has 1 aliphatic rings. The molecule has 0 amide bonds. The van der Waals surface area contributed by atoms with Crippen LogP contribution in [-0.2, 0) is 4.52 Å². The molecule has 2 heteroatoms. The molecule has 66 valence electrons. The third-order valence-electron chi connectivity index (χ3n) is 3.39. The number of rotatable bonds is 2. The van der Waals surface area contributed by atoms with Crippen LogP contribution in [0.25, 0.3) is 0 Å². The van der Waals surface area contributed by atoms with Crippen molar-refractivity contribution in [3.63, 3.8) is 0 Å². The van der Waals surface area contributed by atoms with Crippen molar-refractivity contribution >= 4 is 9.47 Å². The molecule has 11 heavy (non-hydrogen) atoms. The minimum Gasteiger partial charge on any atom is -0.362 e. The fourth-order valence-electron chi connectivity index (χ4n) is 2.21. The second-order valence-corrected chi connectivity index (χ2v) is 4.07. The van der Waals surface area contributed by atoms with Crippen LogP contribution in [0.1, 0.15) is 33.6 Å². The van der Waals surface area contributed by atoms with Crippen molar-refractivity contribution in [2.24, 2.45) is 17.8 Å². The molecule has 0 aliphatic heterocycles. The highest BCUT2D eigenvalue weighted by molar-refractivity contribution is 7.09. The first-order valence-corrected chi connectivity index (χ1v) is 5.03. The van der Waals surface area contributed by atoms with Crippen LogP contribution in [-0.4, -0.2) is 6.10 Å². The van der Waals surface area contributed by atoms with E-state index in [1.807, 2.05) is 0 Å². The third kappa shape index (κ3) is 1.76. The Morgan fingerprint density at radius 1 is 1.36 bits per heavy atom. The highest BCUT2D eigenvalue weighted by Crippen LogP contribution is 2.40. The second-order valence-electron chi connectivity index (χ2n) is 3.80. The monoisotopic (exact) mass is 174 g/mol. The lowest BCUT2D eigenvalue weighted by atomic mass is 9.91. The molecule has 1 aliphatic carbocycles. The molecule has 1 saturated carbocycles. The predicted octanol–water partition coefficient (Wildman–Crippen LogP) is 2.86. The highest BCUT2D eigenvalue weighted by atomic mass is 31.0. The van der Waals surface area contributed by atoms with Crippen LogP contribution >= 0.6 is 9.47 Å². The topological polar surface area (TPSA) is 9.23 Å². The van der Waals surface area contributed by atoms with Crippen molar-refractivity contribution in [2.45, 2.75) is 39.7 Å². The average Bonchev–Trinajstić information content (AvgIpc) is 2.30. The van der Waals surface area contributed by atoms with Crippen LogP contribution in [0.15, 0.2) is 0 Å². The van der Waals surface area contributed by atoms with Gasteiger partial charge in [-0.25, -0.2) is 0 Å². The summed E-state index contributed by atoms with van der Waals surface area (Å²) in [7, 11) is 2.40. The zero-order valence-corrected chi connectivity index (χ0v) is 8.86. The molecule has 0 bridgehead atoms. The standard InChI is InChI=1S/C9H19OP/c1-4-8-5-9(10-11)7(3)6(8)2/h6-9H,4-5,11H2,1-3H3/t6?,7?,8-,9?/m0/s1. The Hall–Kier alpha value is 0.390. The van der Waals surface area contributed by atoms with Gasteiger partial charge in [-0.15, -0.1) is 0 Å². The van der Waals surface area contributed by atoms with Gasteiger partial charge >= 0.3 is 0 Å². The molecule has 0 aromatic rings. The zero-order valence-electron chi connectivity index (χ0n) is 7.71. The van der Waals surface area contributed by atoms with Crippen molar-refractivity contribution in [3.05, 3.63) is 0 Å². The van der Waals surface area contributed by atoms with E-state index in [1.165, 1.54) is 12.8 Å². The first-order valence-electron chi connectivity index (χ1n) is 4.56. The van der Waals surface area contributed by atoms with Crippen LogP contribution in [0, 0.1) is 17.8 Å². The van der Waals surface area contributed by atoms with Gasteiger partial charge in [0.15, 0.2) is 0 Å². The van der Waals surface area contributed by atoms with Gasteiger partial charge in [-0.2, -0.15) is 0 Å². The molecule has 5 atom stereocenters. The zero-order chi connectivity index (χ0) is 8.43. The Balaban J connectivity index is 2.53. The molecule has 1 rings (SSSR count). The third-order valence-corrected chi connectivity index (χ3v) is 3.74. The summed E-state index contributed by atoms with van der Waals surface area (Å²) in [5.74, 6) is 2.46. The normalized spacial score (nSPS) is 44.7. The molecule has 0 N–H and O–H groups in total. The maximum Gasteiger partial charge on any atom is 0.0641 e. The van der Waals surface area contributed by atoms with Crippen LogP contribution < -0.4 is 0 Å². The van der Waals surface area contributed by atoms with E-state index in [9.17, 15) is 0 Å². The Labute approximate surface area is 72.2 Å². The Morgan fingerprint density at radius 3 is 2.27 bits per heavy atom. The summed E-state index contributed by atoms with van der Waals surface area (Å²) in [4.78, 5) is 0. The van der Waals surface area contributed by atoms with Gasteiger partial charge in [0.05, 0.1) is 6.10 Å².